The van der Waals surface area contributed by atoms with Crippen LogP contribution >= 0.6 is 0 Å². The zero-order valence-corrected chi connectivity index (χ0v) is 12.5. The number of rotatable bonds is 2. The number of hydrogen-bond acceptors (Lipinski definition) is 5. The number of fused-ring (bicyclic) bond motifs is 1. The number of nitrogens with zero attached hydrogens (tertiary/aromatic N) is 5. The molecular formula is C17H15N5O. The van der Waals surface area contributed by atoms with Gasteiger partial charge in [0.1, 0.15) is 12.7 Å². The minimum Gasteiger partial charge on any atom is -0.366 e. The first kappa shape index (κ1) is 13.7. The van der Waals surface area contributed by atoms with Gasteiger partial charge in [0.25, 0.3) is 0 Å². The first-order chi connectivity index (χ1) is 11.3. The van der Waals surface area contributed by atoms with Crippen LogP contribution in [0.4, 0.5) is 0 Å². The van der Waals surface area contributed by atoms with Crippen LogP contribution < -0.4 is 0 Å². The topological polar surface area (TPSA) is 63.9 Å². The van der Waals surface area contributed by atoms with Gasteiger partial charge in [0.2, 0.25) is 0 Å². The molecule has 1 fully saturated rings. The summed E-state index contributed by atoms with van der Waals surface area (Å²) < 4.78 is 1.86. The molecule has 1 saturated heterocycles. The van der Waals surface area contributed by atoms with Crippen LogP contribution in [0.5, 0.6) is 0 Å². The molecule has 1 aliphatic carbocycles. The van der Waals surface area contributed by atoms with Gasteiger partial charge in [-0.1, -0.05) is 12.0 Å². The minimum atomic E-state index is -0.00722. The standard InChI is InChI=1S/C17H15N5O/c1-2-14-15(23)8-12-4-3-6-19-16(12)17(14)21-7-5-13(9-21)22-11-18-10-20-22/h1,3-4,6,10-11,13H,5,7-9H2/t13-/m0/s1. The van der Waals surface area contributed by atoms with Gasteiger partial charge in [-0.2, -0.15) is 5.10 Å². The Kier molecular flexibility index (Phi) is 3.19. The monoisotopic (exact) mass is 305 g/mol. The molecule has 1 atom stereocenters. The fourth-order valence-electron chi connectivity index (χ4n) is 3.33. The lowest BCUT2D eigenvalue weighted by Gasteiger charge is -2.27. The molecule has 0 saturated carbocycles. The van der Waals surface area contributed by atoms with Gasteiger partial charge < -0.3 is 4.90 Å². The molecule has 0 radical (unpaired) electrons. The average molecular weight is 305 g/mol. The molecular weight excluding hydrogens is 290 g/mol. The maximum Gasteiger partial charge on any atom is 0.177 e. The largest absolute Gasteiger partial charge is 0.366 e. The van der Waals surface area contributed by atoms with E-state index in [1.807, 2.05) is 16.8 Å². The lowest BCUT2D eigenvalue weighted by molar-refractivity contribution is -0.114. The van der Waals surface area contributed by atoms with Crippen LogP contribution in [0.1, 0.15) is 23.7 Å². The zero-order valence-electron chi connectivity index (χ0n) is 12.5. The quantitative estimate of drug-likeness (QED) is 0.777. The van der Waals surface area contributed by atoms with Gasteiger partial charge in [0, 0.05) is 25.7 Å². The van der Waals surface area contributed by atoms with Crippen molar-refractivity contribution in [3.63, 3.8) is 0 Å². The van der Waals surface area contributed by atoms with E-state index in [9.17, 15) is 4.79 Å². The molecule has 2 aromatic heterocycles. The molecule has 2 aliphatic rings. The predicted molar refractivity (Wildman–Crippen MR) is 84.0 cm³/mol. The van der Waals surface area contributed by atoms with Crippen molar-refractivity contribution >= 4 is 11.5 Å². The summed E-state index contributed by atoms with van der Waals surface area (Å²) in [6.07, 6.45) is 11.9. The number of allylic oxidation sites excluding steroid dienone is 1. The fraction of sp³-hybridized carbons (Fsp3) is 0.294. The van der Waals surface area contributed by atoms with Crippen molar-refractivity contribution < 1.29 is 4.79 Å². The summed E-state index contributed by atoms with van der Waals surface area (Å²) in [4.78, 5) is 23.0. The fourth-order valence-corrected chi connectivity index (χ4v) is 3.33. The summed E-state index contributed by atoms with van der Waals surface area (Å²) in [7, 11) is 0. The van der Waals surface area contributed by atoms with Crippen molar-refractivity contribution in [3.8, 4) is 12.3 Å². The van der Waals surface area contributed by atoms with Gasteiger partial charge in [-0.05, 0) is 18.1 Å². The van der Waals surface area contributed by atoms with E-state index in [0.717, 1.165) is 36.5 Å². The number of likely N-dealkylation sites (tertiary alicyclic amines) is 1. The van der Waals surface area contributed by atoms with Crippen LogP contribution in [0, 0.1) is 12.3 Å². The molecule has 3 heterocycles. The van der Waals surface area contributed by atoms with Crippen molar-refractivity contribution in [2.24, 2.45) is 0 Å². The smallest absolute Gasteiger partial charge is 0.177 e. The lowest BCUT2D eigenvalue weighted by atomic mass is 9.91. The maximum absolute atomic E-state index is 12.4. The Hall–Kier alpha value is -2.94. The van der Waals surface area contributed by atoms with E-state index in [0.29, 0.717) is 12.0 Å². The number of pyridine rings is 1. The summed E-state index contributed by atoms with van der Waals surface area (Å²) in [5.74, 6) is 2.58. The molecule has 0 N–H and O–H groups in total. The van der Waals surface area contributed by atoms with Crippen LogP contribution in [0.2, 0.25) is 0 Å². The molecule has 23 heavy (non-hydrogen) atoms. The second-order valence-corrected chi connectivity index (χ2v) is 5.74. The SMILES string of the molecule is C#CC1=C(N2CC[C@H](n3cncn3)C2)c2ncccc2CC1=O. The third-order valence-corrected chi connectivity index (χ3v) is 4.42. The lowest BCUT2D eigenvalue weighted by Crippen LogP contribution is -2.28. The normalized spacial score (nSPS) is 20.6. The summed E-state index contributed by atoms with van der Waals surface area (Å²) in [5, 5.41) is 4.22. The van der Waals surface area contributed by atoms with Crippen LogP contribution in [0.3, 0.4) is 0 Å². The number of ketones is 1. The van der Waals surface area contributed by atoms with Crippen LogP contribution in [0.15, 0.2) is 36.6 Å². The van der Waals surface area contributed by atoms with Crippen molar-refractivity contribution in [1.82, 2.24) is 24.6 Å². The Balaban J connectivity index is 1.74. The van der Waals surface area contributed by atoms with Crippen LogP contribution in [-0.2, 0) is 11.2 Å². The maximum atomic E-state index is 12.4. The van der Waals surface area contributed by atoms with Gasteiger partial charge in [-0.3, -0.25) is 9.78 Å². The molecule has 1 aliphatic heterocycles. The molecule has 6 nitrogen and oxygen atoms in total. The second kappa shape index (κ2) is 5.36. The van der Waals surface area contributed by atoms with Crippen LogP contribution in [0.25, 0.3) is 5.70 Å². The first-order valence-electron chi connectivity index (χ1n) is 7.55. The molecule has 0 unspecified atom stereocenters. The molecule has 2 aromatic rings. The number of carbonyl (C=O) groups excluding carboxylic acids is 1. The number of Topliss-reactive ketones (excluding diaryl/α,β-unsaturated/α-hetero) is 1. The Morgan fingerprint density at radius 3 is 3.09 bits per heavy atom. The Bertz CT molecular complexity index is 831. The molecule has 4 rings (SSSR count). The van der Waals surface area contributed by atoms with E-state index >= 15 is 0 Å². The van der Waals surface area contributed by atoms with Crippen molar-refractivity contribution in [2.75, 3.05) is 13.1 Å². The van der Waals surface area contributed by atoms with Gasteiger partial charge in [-0.15, -0.1) is 6.42 Å². The molecule has 0 spiro atoms. The van der Waals surface area contributed by atoms with E-state index in [1.54, 1.807) is 12.5 Å². The average Bonchev–Trinajstić information content (AvgIpc) is 3.24. The Labute approximate surface area is 133 Å². The zero-order chi connectivity index (χ0) is 15.8. The van der Waals surface area contributed by atoms with E-state index in [-0.39, 0.29) is 11.8 Å². The highest BCUT2D eigenvalue weighted by atomic mass is 16.1. The van der Waals surface area contributed by atoms with E-state index in [1.165, 1.54) is 6.33 Å². The summed E-state index contributed by atoms with van der Waals surface area (Å²) in [6.45, 7) is 1.56. The highest BCUT2D eigenvalue weighted by molar-refractivity contribution is 6.09. The minimum absolute atomic E-state index is 0.00722. The van der Waals surface area contributed by atoms with E-state index in [4.69, 9.17) is 6.42 Å². The van der Waals surface area contributed by atoms with Crippen LogP contribution in [-0.4, -0.2) is 43.5 Å². The number of carbonyl (C=O) groups is 1. The van der Waals surface area contributed by atoms with Gasteiger partial charge >= 0.3 is 0 Å². The Morgan fingerprint density at radius 2 is 2.30 bits per heavy atom. The molecule has 6 heteroatoms. The summed E-state index contributed by atoms with van der Waals surface area (Å²) >= 11 is 0. The van der Waals surface area contributed by atoms with Crippen molar-refractivity contribution in [1.29, 1.82) is 0 Å². The molecule has 0 amide bonds. The van der Waals surface area contributed by atoms with Gasteiger partial charge in [0.15, 0.2) is 5.78 Å². The van der Waals surface area contributed by atoms with E-state index in [2.05, 4.69) is 25.9 Å². The summed E-state index contributed by atoms with van der Waals surface area (Å²) in [5.41, 5.74) is 3.01. The Morgan fingerprint density at radius 1 is 1.39 bits per heavy atom. The molecule has 0 bridgehead atoms. The highest BCUT2D eigenvalue weighted by Gasteiger charge is 2.33. The predicted octanol–water partition coefficient (Wildman–Crippen LogP) is 1.09. The summed E-state index contributed by atoms with van der Waals surface area (Å²) in [6, 6.07) is 4.03. The molecule has 114 valence electrons. The van der Waals surface area contributed by atoms with Crippen molar-refractivity contribution in [2.45, 2.75) is 18.9 Å². The third kappa shape index (κ3) is 2.21. The van der Waals surface area contributed by atoms with E-state index < -0.39 is 0 Å². The first-order valence-corrected chi connectivity index (χ1v) is 7.55. The number of hydrogen-bond donors (Lipinski definition) is 0. The molecule has 0 aromatic carbocycles. The van der Waals surface area contributed by atoms with Crippen molar-refractivity contribution in [3.05, 3.63) is 47.8 Å². The number of aromatic nitrogens is 4. The number of terminal acetylenes is 1. The third-order valence-electron chi connectivity index (χ3n) is 4.42. The van der Waals surface area contributed by atoms with Gasteiger partial charge in [-0.25, -0.2) is 9.67 Å². The second-order valence-electron chi connectivity index (χ2n) is 5.74. The van der Waals surface area contributed by atoms with Gasteiger partial charge in [0.05, 0.1) is 23.0 Å². The highest BCUT2D eigenvalue weighted by Crippen LogP contribution is 2.34.